The van der Waals surface area contributed by atoms with E-state index < -0.39 is 0 Å². The predicted octanol–water partition coefficient (Wildman–Crippen LogP) is 1.67. The molecule has 1 aromatic heterocycles. The number of benzene rings is 1. The number of nitrogens with two attached hydrogens (primary N) is 1. The Hall–Kier alpha value is -3.03. The van der Waals surface area contributed by atoms with Crippen LogP contribution in [-0.2, 0) is 0 Å². The van der Waals surface area contributed by atoms with Gasteiger partial charge in [0, 0.05) is 18.7 Å². The minimum absolute atomic E-state index is 0.306. The number of amides is 1. The highest BCUT2D eigenvalue weighted by Crippen LogP contribution is 2.25. The van der Waals surface area contributed by atoms with Gasteiger partial charge in [0.25, 0.3) is 5.91 Å². The van der Waals surface area contributed by atoms with Crippen LogP contribution in [0.2, 0.25) is 0 Å². The van der Waals surface area contributed by atoms with Crippen LogP contribution in [0, 0.1) is 0 Å². The number of nitrogens with one attached hydrogen (secondary N) is 2. The summed E-state index contributed by atoms with van der Waals surface area (Å²) in [6.07, 6.45) is 1.41. The molecule has 0 aliphatic carbocycles. The first-order valence-electron chi connectivity index (χ1n) is 7.66. The third-order valence-corrected chi connectivity index (χ3v) is 3.57. The average Bonchev–Trinajstić information content (AvgIpc) is 2.62. The minimum Gasteiger partial charge on any atom is -0.497 e. The van der Waals surface area contributed by atoms with Crippen molar-refractivity contribution < 1.29 is 9.53 Å². The molecule has 24 heavy (non-hydrogen) atoms. The quantitative estimate of drug-likeness (QED) is 0.663. The van der Waals surface area contributed by atoms with E-state index >= 15 is 0 Å². The van der Waals surface area contributed by atoms with E-state index in [9.17, 15) is 4.79 Å². The second kappa shape index (κ2) is 8.00. The van der Waals surface area contributed by atoms with Crippen molar-refractivity contribution in [1.82, 2.24) is 15.4 Å². The lowest BCUT2D eigenvalue weighted by atomic mass is 10.2. The number of carbonyl (C=O) groups excluding carboxylic acids is 1. The van der Waals surface area contributed by atoms with Crippen molar-refractivity contribution in [3.05, 3.63) is 36.2 Å². The molecule has 8 heteroatoms. The summed E-state index contributed by atoms with van der Waals surface area (Å²) < 4.78 is 5.07. The third-order valence-electron chi connectivity index (χ3n) is 3.57. The molecule has 0 aliphatic rings. The largest absolute Gasteiger partial charge is 0.497 e. The van der Waals surface area contributed by atoms with E-state index in [1.807, 2.05) is 18.7 Å². The topological polar surface area (TPSA) is 105 Å². The van der Waals surface area contributed by atoms with Gasteiger partial charge in [-0.25, -0.2) is 9.97 Å². The molecule has 2 rings (SSSR count). The molecule has 4 N–H and O–H groups in total. The molecular weight excluding hydrogens is 308 g/mol. The van der Waals surface area contributed by atoms with Crippen molar-refractivity contribution in [3.8, 4) is 5.75 Å². The van der Waals surface area contributed by atoms with Gasteiger partial charge in [0.1, 0.15) is 17.8 Å². The van der Waals surface area contributed by atoms with Gasteiger partial charge < -0.3 is 15.4 Å². The van der Waals surface area contributed by atoms with Crippen LogP contribution in [0.4, 0.5) is 17.3 Å². The first kappa shape index (κ1) is 17.3. The lowest BCUT2D eigenvalue weighted by Crippen LogP contribution is -2.31. The molecule has 1 amide bonds. The summed E-state index contributed by atoms with van der Waals surface area (Å²) in [5, 5.41) is 0. The third kappa shape index (κ3) is 3.83. The Balaban J connectivity index is 2.08. The highest BCUT2D eigenvalue weighted by molar-refractivity contribution is 5.95. The molecule has 0 unspecified atom stereocenters. The number of nitrogen functional groups attached to an aromatic ring is 1. The van der Waals surface area contributed by atoms with Gasteiger partial charge in [-0.1, -0.05) is 0 Å². The first-order valence-corrected chi connectivity index (χ1v) is 7.66. The number of methoxy groups -OCH3 is 1. The smallest absolute Gasteiger partial charge is 0.269 e. The molecule has 0 bridgehead atoms. The second-order valence-electron chi connectivity index (χ2n) is 4.94. The summed E-state index contributed by atoms with van der Waals surface area (Å²) in [5.41, 5.74) is 12.3. The number of ether oxygens (including phenoxy) is 1. The summed E-state index contributed by atoms with van der Waals surface area (Å²) in [4.78, 5) is 22.4. The molecule has 0 atom stereocenters. The van der Waals surface area contributed by atoms with E-state index in [1.54, 1.807) is 31.4 Å². The van der Waals surface area contributed by atoms with Crippen LogP contribution >= 0.6 is 0 Å². The van der Waals surface area contributed by atoms with E-state index in [0.717, 1.165) is 13.1 Å². The minimum atomic E-state index is -0.306. The van der Waals surface area contributed by atoms with Crippen molar-refractivity contribution >= 4 is 23.2 Å². The van der Waals surface area contributed by atoms with Gasteiger partial charge in [-0.15, -0.1) is 0 Å². The first-order chi connectivity index (χ1) is 11.6. The average molecular weight is 330 g/mol. The molecule has 0 radical (unpaired) electrons. The van der Waals surface area contributed by atoms with Crippen LogP contribution in [0.15, 0.2) is 30.6 Å². The highest BCUT2D eigenvalue weighted by Gasteiger charge is 2.13. The molecular formula is C16H22N6O2. The van der Waals surface area contributed by atoms with Crippen LogP contribution in [-0.4, -0.2) is 36.1 Å². The number of nitrogens with zero attached hydrogens (tertiary/aromatic N) is 3. The van der Waals surface area contributed by atoms with Crippen LogP contribution in [0.5, 0.6) is 5.75 Å². The number of hydrogen-bond donors (Lipinski definition) is 3. The maximum absolute atomic E-state index is 12.2. The Bertz CT molecular complexity index is 685. The van der Waals surface area contributed by atoms with Crippen molar-refractivity contribution in [3.63, 3.8) is 0 Å². The molecule has 8 nitrogen and oxygen atoms in total. The van der Waals surface area contributed by atoms with Crippen molar-refractivity contribution in [2.75, 3.05) is 36.3 Å². The Morgan fingerprint density at radius 1 is 1.21 bits per heavy atom. The van der Waals surface area contributed by atoms with Gasteiger partial charge in [-0.05, 0) is 38.1 Å². The molecule has 1 aromatic carbocycles. The molecule has 0 saturated carbocycles. The molecule has 1 heterocycles. The number of aromatic nitrogens is 2. The van der Waals surface area contributed by atoms with Gasteiger partial charge in [0.2, 0.25) is 0 Å². The molecule has 0 aliphatic heterocycles. The lowest BCUT2D eigenvalue weighted by molar-refractivity contribution is 0.0962. The summed E-state index contributed by atoms with van der Waals surface area (Å²) >= 11 is 0. The Morgan fingerprint density at radius 3 is 2.46 bits per heavy atom. The van der Waals surface area contributed by atoms with E-state index in [1.165, 1.54) is 6.33 Å². The second-order valence-corrected chi connectivity index (χ2v) is 4.94. The zero-order valence-electron chi connectivity index (χ0n) is 14.0. The van der Waals surface area contributed by atoms with Crippen molar-refractivity contribution in [1.29, 1.82) is 0 Å². The Labute approximate surface area is 141 Å². The zero-order chi connectivity index (χ0) is 17.5. The summed E-state index contributed by atoms with van der Waals surface area (Å²) in [7, 11) is 1.57. The highest BCUT2D eigenvalue weighted by atomic mass is 16.5. The fraction of sp³-hybridized carbons (Fsp3) is 0.312. The van der Waals surface area contributed by atoms with Gasteiger partial charge in [-0.3, -0.25) is 15.6 Å². The Kier molecular flexibility index (Phi) is 5.78. The standard InChI is InChI=1S/C16H22N6O2/c1-4-22(5-2)15-13(17)14(18-10-19-15)20-21-16(23)11-6-8-12(24-3)9-7-11/h6-10H,4-5,17H2,1-3H3,(H,21,23)(H,18,19,20). The van der Waals surface area contributed by atoms with E-state index in [4.69, 9.17) is 10.5 Å². The number of rotatable bonds is 7. The SMILES string of the molecule is CCN(CC)c1ncnc(NNC(=O)c2ccc(OC)cc2)c1N. The van der Waals surface area contributed by atoms with Gasteiger partial charge in [0.05, 0.1) is 7.11 Å². The van der Waals surface area contributed by atoms with E-state index in [2.05, 4.69) is 20.8 Å². The normalized spacial score (nSPS) is 10.1. The number of carbonyl (C=O) groups is 1. The maximum Gasteiger partial charge on any atom is 0.269 e. The molecule has 0 saturated heterocycles. The summed E-state index contributed by atoms with van der Waals surface area (Å²) in [6.45, 7) is 5.58. The van der Waals surface area contributed by atoms with Gasteiger partial charge in [-0.2, -0.15) is 0 Å². The predicted molar refractivity (Wildman–Crippen MR) is 94.1 cm³/mol. The molecule has 0 spiro atoms. The van der Waals surface area contributed by atoms with E-state index in [-0.39, 0.29) is 5.91 Å². The van der Waals surface area contributed by atoms with Gasteiger partial charge >= 0.3 is 0 Å². The number of hydrogen-bond acceptors (Lipinski definition) is 7. The van der Waals surface area contributed by atoms with Crippen LogP contribution in [0.25, 0.3) is 0 Å². The summed E-state index contributed by atoms with van der Waals surface area (Å²) in [5.74, 6) is 1.37. The fourth-order valence-electron chi connectivity index (χ4n) is 2.19. The Morgan fingerprint density at radius 2 is 1.88 bits per heavy atom. The van der Waals surface area contributed by atoms with Crippen molar-refractivity contribution in [2.24, 2.45) is 0 Å². The number of anilines is 3. The van der Waals surface area contributed by atoms with E-state index in [0.29, 0.717) is 28.6 Å². The lowest BCUT2D eigenvalue weighted by Gasteiger charge is -2.22. The van der Waals surface area contributed by atoms with Crippen molar-refractivity contribution in [2.45, 2.75) is 13.8 Å². The van der Waals surface area contributed by atoms with Crippen LogP contribution in [0.1, 0.15) is 24.2 Å². The summed E-state index contributed by atoms with van der Waals surface area (Å²) in [6, 6.07) is 6.76. The fourth-order valence-corrected chi connectivity index (χ4v) is 2.19. The maximum atomic E-state index is 12.2. The molecule has 128 valence electrons. The van der Waals surface area contributed by atoms with Gasteiger partial charge in [0.15, 0.2) is 11.6 Å². The zero-order valence-corrected chi connectivity index (χ0v) is 14.0. The monoisotopic (exact) mass is 330 g/mol. The van der Waals surface area contributed by atoms with Crippen LogP contribution in [0.3, 0.4) is 0 Å². The molecule has 0 fully saturated rings. The number of hydrazine groups is 1. The molecule has 2 aromatic rings. The van der Waals surface area contributed by atoms with Crippen LogP contribution < -0.4 is 26.2 Å².